The molecular weight excluding hydrogens is 463 g/mol. The van der Waals surface area contributed by atoms with Gasteiger partial charge in [-0.25, -0.2) is 18.2 Å². The van der Waals surface area contributed by atoms with Gasteiger partial charge in [-0.05, 0) is 65.9 Å². The molecule has 0 aliphatic carbocycles. The predicted octanol–water partition coefficient (Wildman–Crippen LogP) is 7.00. The van der Waals surface area contributed by atoms with Gasteiger partial charge in [0.05, 0.1) is 17.3 Å². The fraction of sp³-hybridized carbons (Fsp3) is 0.103. The van der Waals surface area contributed by atoms with Crippen LogP contribution in [0, 0.1) is 35.7 Å². The first-order valence-electron chi connectivity index (χ1n) is 11.2. The van der Waals surface area contributed by atoms with Crippen molar-refractivity contribution in [3.8, 4) is 23.2 Å². The van der Waals surface area contributed by atoms with Crippen LogP contribution in [0.3, 0.4) is 0 Å². The Labute approximate surface area is 205 Å². The molecular formula is C29H20F3N3O. The summed E-state index contributed by atoms with van der Waals surface area (Å²) >= 11 is 0. The Balaban J connectivity index is 1.35. The van der Waals surface area contributed by atoms with Crippen molar-refractivity contribution in [1.29, 1.82) is 5.26 Å². The number of halogens is 3. The van der Waals surface area contributed by atoms with Crippen LogP contribution in [-0.2, 0) is 13.0 Å². The van der Waals surface area contributed by atoms with Gasteiger partial charge in [0.1, 0.15) is 24.1 Å². The zero-order valence-corrected chi connectivity index (χ0v) is 19.3. The summed E-state index contributed by atoms with van der Waals surface area (Å²) in [5.41, 5.74) is 3.71. The predicted molar refractivity (Wildman–Crippen MR) is 131 cm³/mol. The Morgan fingerprint density at radius 2 is 1.72 bits per heavy atom. The number of ether oxygens (including phenoxy) is 1. The molecule has 0 atom stereocenters. The van der Waals surface area contributed by atoms with Gasteiger partial charge in [0, 0.05) is 34.8 Å². The van der Waals surface area contributed by atoms with E-state index in [9.17, 15) is 8.78 Å². The lowest BCUT2D eigenvalue weighted by Gasteiger charge is -2.10. The lowest BCUT2D eigenvalue weighted by atomic mass is 10.0. The number of nitrogens with zero attached hydrogens (tertiary/aromatic N) is 2. The fourth-order valence-corrected chi connectivity index (χ4v) is 4.05. The third-order valence-electron chi connectivity index (χ3n) is 5.91. The van der Waals surface area contributed by atoms with Crippen molar-refractivity contribution in [3.05, 3.63) is 118 Å². The van der Waals surface area contributed by atoms with E-state index in [-0.39, 0.29) is 46.9 Å². The Morgan fingerprint density at radius 3 is 2.53 bits per heavy atom. The molecule has 2 heterocycles. The summed E-state index contributed by atoms with van der Waals surface area (Å²) in [5.74, 6) is -1.59. The first-order valence-corrected chi connectivity index (χ1v) is 11.2. The number of hydrogen-bond acceptors (Lipinski definition) is 3. The quantitative estimate of drug-likeness (QED) is 0.283. The summed E-state index contributed by atoms with van der Waals surface area (Å²) in [6.07, 6.45) is 0.212. The molecule has 3 aromatic carbocycles. The number of aromatic amines is 1. The second-order valence-electron chi connectivity index (χ2n) is 8.55. The minimum atomic E-state index is -0.610. The molecule has 0 aliphatic heterocycles. The monoisotopic (exact) mass is 483 g/mol. The topological polar surface area (TPSA) is 61.7 Å². The first kappa shape index (κ1) is 23.2. The fourth-order valence-electron chi connectivity index (χ4n) is 4.05. The van der Waals surface area contributed by atoms with Crippen molar-refractivity contribution in [3.63, 3.8) is 0 Å². The minimum absolute atomic E-state index is 0.00137. The first-order chi connectivity index (χ1) is 17.4. The molecule has 5 rings (SSSR count). The van der Waals surface area contributed by atoms with Crippen LogP contribution in [0.25, 0.3) is 22.2 Å². The number of benzene rings is 3. The van der Waals surface area contributed by atoms with Crippen molar-refractivity contribution in [1.82, 2.24) is 9.97 Å². The molecule has 1 N–H and O–H groups in total. The van der Waals surface area contributed by atoms with E-state index in [1.165, 1.54) is 18.2 Å². The molecule has 0 aliphatic rings. The molecule has 36 heavy (non-hydrogen) atoms. The van der Waals surface area contributed by atoms with Gasteiger partial charge in [0.15, 0.2) is 0 Å². The molecule has 2 aromatic heterocycles. The van der Waals surface area contributed by atoms with Crippen LogP contribution >= 0.6 is 0 Å². The normalized spacial score (nSPS) is 11.0. The van der Waals surface area contributed by atoms with Gasteiger partial charge in [-0.15, -0.1) is 0 Å². The molecule has 0 saturated heterocycles. The molecule has 0 saturated carbocycles. The number of nitriles is 1. The lowest BCUT2D eigenvalue weighted by Crippen LogP contribution is -2.02. The molecule has 5 aromatic rings. The molecule has 0 fully saturated rings. The average Bonchev–Trinajstić information content (AvgIpc) is 3.26. The standard InChI is InChI=1S/C29H20F3N3O/c1-17-5-7-19-11-22(34-28(19)9-17)12-21-13-26(32)23(14-25(21)31)27-3-2-4-29(35-27)36-16-20-8-6-18(15-33)10-24(20)30/h2-11,13-14,34H,12,16H2,1H3. The number of pyridine rings is 1. The zero-order chi connectivity index (χ0) is 25.2. The van der Waals surface area contributed by atoms with Crippen LogP contribution in [0.1, 0.15) is 27.9 Å². The Bertz CT molecular complexity index is 1640. The van der Waals surface area contributed by atoms with Crippen LogP contribution in [0.2, 0.25) is 0 Å². The highest BCUT2D eigenvalue weighted by molar-refractivity contribution is 5.81. The minimum Gasteiger partial charge on any atom is -0.473 e. The summed E-state index contributed by atoms with van der Waals surface area (Å²) in [5, 5.41) is 9.86. The van der Waals surface area contributed by atoms with E-state index in [1.807, 2.05) is 37.3 Å². The van der Waals surface area contributed by atoms with Crippen LogP contribution in [-0.4, -0.2) is 9.97 Å². The van der Waals surface area contributed by atoms with E-state index in [4.69, 9.17) is 10.00 Å². The van der Waals surface area contributed by atoms with Crippen molar-refractivity contribution in [2.45, 2.75) is 20.0 Å². The number of fused-ring (bicyclic) bond motifs is 1. The maximum Gasteiger partial charge on any atom is 0.214 e. The molecule has 0 radical (unpaired) electrons. The van der Waals surface area contributed by atoms with Crippen LogP contribution in [0.15, 0.2) is 72.8 Å². The molecule has 178 valence electrons. The smallest absolute Gasteiger partial charge is 0.214 e. The molecule has 7 heteroatoms. The maximum atomic E-state index is 15.0. The highest BCUT2D eigenvalue weighted by atomic mass is 19.1. The summed E-state index contributed by atoms with van der Waals surface area (Å²) in [4.78, 5) is 7.53. The largest absolute Gasteiger partial charge is 0.473 e. The average molecular weight is 483 g/mol. The molecule has 0 spiro atoms. The van der Waals surface area contributed by atoms with E-state index in [0.717, 1.165) is 34.3 Å². The number of H-pyrrole nitrogens is 1. The van der Waals surface area contributed by atoms with E-state index in [1.54, 1.807) is 18.2 Å². The third kappa shape index (κ3) is 4.80. The maximum absolute atomic E-state index is 15.0. The summed E-state index contributed by atoms with van der Waals surface area (Å²) in [6, 6.07) is 20.9. The van der Waals surface area contributed by atoms with Crippen molar-refractivity contribution < 1.29 is 17.9 Å². The second-order valence-corrected chi connectivity index (χ2v) is 8.55. The SMILES string of the molecule is Cc1ccc2cc(Cc3cc(F)c(-c4cccc(OCc5ccc(C#N)cc5F)n4)cc3F)[nH]c2c1. The van der Waals surface area contributed by atoms with E-state index >= 15 is 4.39 Å². The van der Waals surface area contributed by atoms with Gasteiger partial charge < -0.3 is 9.72 Å². The van der Waals surface area contributed by atoms with Gasteiger partial charge in [0.25, 0.3) is 0 Å². The number of nitrogens with one attached hydrogen (secondary N) is 1. The van der Waals surface area contributed by atoms with Gasteiger partial charge in [-0.2, -0.15) is 5.26 Å². The third-order valence-corrected chi connectivity index (χ3v) is 5.91. The molecule has 0 amide bonds. The van der Waals surface area contributed by atoms with Gasteiger partial charge >= 0.3 is 0 Å². The molecule has 0 bridgehead atoms. The Hall–Kier alpha value is -4.57. The Morgan fingerprint density at radius 1 is 0.889 bits per heavy atom. The zero-order valence-electron chi connectivity index (χ0n) is 19.3. The second kappa shape index (κ2) is 9.59. The van der Waals surface area contributed by atoms with Crippen molar-refractivity contribution in [2.75, 3.05) is 0 Å². The number of aryl methyl sites for hydroxylation is 1. The summed E-state index contributed by atoms with van der Waals surface area (Å²) < 4.78 is 49.7. The van der Waals surface area contributed by atoms with Gasteiger partial charge in [0.2, 0.25) is 5.88 Å². The summed E-state index contributed by atoms with van der Waals surface area (Å²) in [7, 11) is 0. The summed E-state index contributed by atoms with van der Waals surface area (Å²) in [6.45, 7) is 1.86. The molecule has 4 nitrogen and oxygen atoms in total. The number of aromatic nitrogens is 2. The highest BCUT2D eigenvalue weighted by Crippen LogP contribution is 2.28. The number of hydrogen-bond donors (Lipinski definition) is 1. The molecule has 0 unspecified atom stereocenters. The van der Waals surface area contributed by atoms with E-state index in [2.05, 4.69) is 9.97 Å². The van der Waals surface area contributed by atoms with Crippen LogP contribution in [0.5, 0.6) is 5.88 Å². The lowest BCUT2D eigenvalue weighted by molar-refractivity contribution is 0.288. The van der Waals surface area contributed by atoms with Crippen LogP contribution < -0.4 is 4.74 Å². The van der Waals surface area contributed by atoms with Crippen molar-refractivity contribution >= 4 is 10.9 Å². The highest BCUT2D eigenvalue weighted by Gasteiger charge is 2.15. The Kier molecular flexibility index (Phi) is 6.17. The van der Waals surface area contributed by atoms with E-state index in [0.29, 0.717) is 0 Å². The van der Waals surface area contributed by atoms with E-state index < -0.39 is 17.5 Å². The van der Waals surface area contributed by atoms with Crippen molar-refractivity contribution in [2.24, 2.45) is 0 Å². The van der Waals surface area contributed by atoms with Gasteiger partial charge in [-0.1, -0.05) is 24.3 Å². The van der Waals surface area contributed by atoms with Gasteiger partial charge in [-0.3, -0.25) is 0 Å². The van der Waals surface area contributed by atoms with Crippen LogP contribution in [0.4, 0.5) is 13.2 Å². The number of rotatable bonds is 6.